The summed E-state index contributed by atoms with van der Waals surface area (Å²) in [5, 5.41) is 14.9. The highest BCUT2D eigenvalue weighted by atomic mass is 35.5. The maximum Gasteiger partial charge on any atom is 0.289 e. The summed E-state index contributed by atoms with van der Waals surface area (Å²) >= 11 is 8.00. The predicted octanol–water partition coefficient (Wildman–Crippen LogP) is 3.73. The van der Waals surface area contributed by atoms with Crippen molar-refractivity contribution in [1.82, 2.24) is 4.98 Å². The number of thioether (sulfide) groups is 1. The monoisotopic (exact) mass is 301 g/mol. The second-order valence-electron chi connectivity index (χ2n) is 4.51. The van der Waals surface area contributed by atoms with E-state index in [4.69, 9.17) is 11.6 Å². The molecule has 1 aliphatic carbocycles. The first-order chi connectivity index (χ1) is 9.10. The maximum atomic E-state index is 10.6. The van der Waals surface area contributed by atoms with Gasteiger partial charge in [0.2, 0.25) is 0 Å². The average Bonchev–Trinajstić information content (AvgIpc) is 2.79. The van der Waals surface area contributed by atoms with Crippen molar-refractivity contribution >= 4 is 34.9 Å². The summed E-state index contributed by atoms with van der Waals surface area (Å²) in [6.45, 7) is 2.17. The number of halogens is 1. The van der Waals surface area contributed by atoms with Crippen molar-refractivity contribution in [3.63, 3.8) is 0 Å². The second-order valence-corrected chi connectivity index (χ2v) is 6.50. The molecule has 1 heterocycles. The highest BCUT2D eigenvalue weighted by molar-refractivity contribution is 7.99. The smallest absolute Gasteiger partial charge is 0.289 e. The van der Waals surface area contributed by atoms with Crippen LogP contribution in [0.15, 0.2) is 12.3 Å². The van der Waals surface area contributed by atoms with Crippen LogP contribution in [0.3, 0.4) is 0 Å². The largest absolute Gasteiger partial charge is 0.366 e. The van der Waals surface area contributed by atoms with Crippen LogP contribution < -0.4 is 5.32 Å². The summed E-state index contributed by atoms with van der Waals surface area (Å²) in [5.74, 6) is 1.67. The van der Waals surface area contributed by atoms with Crippen LogP contribution in [-0.2, 0) is 0 Å². The number of aromatic nitrogens is 1. The zero-order valence-corrected chi connectivity index (χ0v) is 12.2. The van der Waals surface area contributed by atoms with Gasteiger partial charge in [-0.1, -0.05) is 18.5 Å². The molecule has 1 aromatic rings. The molecular weight excluding hydrogens is 286 g/mol. The molecule has 7 heteroatoms. The third kappa shape index (κ3) is 3.73. The molecule has 0 saturated heterocycles. The maximum absolute atomic E-state index is 10.6. The molecule has 0 bridgehead atoms. The molecule has 2 rings (SSSR count). The molecule has 1 saturated carbocycles. The Morgan fingerprint density at radius 2 is 2.42 bits per heavy atom. The first kappa shape index (κ1) is 14.4. The van der Waals surface area contributed by atoms with E-state index in [2.05, 4.69) is 17.2 Å². The van der Waals surface area contributed by atoms with Gasteiger partial charge in [-0.25, -0.2) is 4.98 Å². The van der Waals surface area contributed by atoms with Gasteiger partial charge in [0.25, 0.3) is 5.69 Å². The third-order valence-corrected chi connectivity index (χ3v) is 4.69. The van der Waals surface area contributed by atoms with Gasteiger partial charge in [0.15, 0.2) is 0 Å². The van der Waals surface area contributed by atoms with Gasteiger partial charge < -0.3 is 5.32 Å². The van der Waals surface area contributed by atoms with E-state index in [1.54, 1.807) is 0 Å². The van der Waals surface area contributed by atoms with Gasteiger partial charge in [0.1, 0.15) is 12.0 Å². The van der Waals surface area contributed by atoms with Gasteiger partial charge >= 0.3 is 0 Å². The molecule has 1 aromatic heterocycles. The zero-order chi connectivity index (χ0) is 13.8. The molecule has 0 aliphatic heterocycles. The summed E-state index contributed by atoms with van der Waals surface area (Å²) in [6.07, 6.45) is 4.61. The molecular formula is C12H16ClN3O2S. The molecule has 0 aromatic carbocycles. The lowest BCUT2D eigenvalue weighted by atomic mass is 10.2. The Labute approximate surface area is 121 Å². The molecule has 19 heavy (non-hydrogen) atoms. The fourth-order valence-electron chi connectivity index (χ4n) is 2.29. The number of anilines is 1. The topological polar surface area (TPSA) is 68.1 Å². The first-order valence-corrected chi connectivity index (χ1v) is 7.71. The van der Waals surface area contributed by atoms with Crippen LogP contribution in [0.5, 0.6) is 0 Å². The summed E-state index contributed by atoms with van der Waals surface area (Å²) in [6, 6.07) is 1.69. The highest BCUT2D eigenvalue weighted by Crippen LogP contribution is 2.33. The van der Waals surface area contributed by atoms with E-state index in [0.29, 0.717) is 22.1 Å². The lowest BCUT2D eigenvalue weighted by molar-refractivity contribution is -0.385. The van der Waals surface area contributed by atoms with Gasteiger partial charge in [-0.15, -0.1) is 0 Å². The van der Waals surface area contributed by atoms with Crippen molar-refractivity contribution in [3.05, 3.63) is 27.4 Å². The van der Waals surface area contributed by atoms with Gasteiger partial charge in [-0.3, -0.25) is 10.1 Å². The van der Waals surface area contributed by atoms with Crippen LogP contribution in [0.25, 0.3) is 0 Å². The fourth-order valence-corrected chi connectivity index (χ4v) is 3.64. The van der Waals surface area contributed by atoms with Crippen molar-refractivity contribution in [2.45, 2.75) is 37.5 Å². The third-order valence-electron chi connectivity index (χ3n) is 3.17. The van der Waals surface area contributed by atoms with Crippen molar-refractivity contribution in [2.75, 3.05) is 11.1 Å². The first-order valence-electron chi connectivity index (χ1n) is 6.28. The number of nitrogens with one attached hydrogen (secondary N) is 1. The minimum absolute atomic E-state index is 0.0820. The summed E-state index contributed by atoms with van der Waals surface area (Å²) in [5.41, 5.74) is -0.0820. The van der Waals surface area contributed by atoms with Crippen LogP contribution >= 0.6 is 23.4 Å². The van der Waals surface area contributed by atoms with E-state index < -0.39 is 4.92 Å². The molecule has 5 nitrogen and oxygen atoms in total. The molecule has 1 aliphatic rings. The number of hydrogen-bond acceptors (Lipinski definition) is 5. The highest BCUT2D eigenvalue weighted by Gasteiger charge is 2.25. The second kappa shape index (κ2) is 6.43. The van der Waals surface area contributed by atoms with Gasteiger partial charge in [-0.2, -0.15) is 11.8 Å². The van der Waals surface area contributed by atoms with Gasteiger partial charge in [0.05, 0.1) is 9.95 Å². The average molecular weight is 302 g/mol. The van der Waals surface area contributed by atoms with Gasteiger partial charge in [-0.05, 0) is 25.0 Å². The molecule has 0 radical (unpaired) electrons. The standard InChI is InChI=1S/C12H16ClN3O2S/c1-2-19-10-4-3-8(5-10)15-12-11(13)6-9(7-14-12)16(17)18/h6-8,10H,2-5H2,1H3,(H,14,15). The van der Waals surface area contributed by atoms with Crippen LogP contribution in [0.1, 0.15) is 26.2 Å². The van der Waals surface area contributed by atoms with E-state index in [-0.39, 0.29) is 5.69 Å². The van der Waals surface area contributed by atoms with Crippen molar-refractivity contribution in [3.8, 4) is 0 Å². The van der Waals surface area contributed by atoms with E-state index >= 15 is 0 Å². The van der Waals surface area contributed by atoms with Crippen LogP contribution in [-0.4, -0.2) is 27.0 Å². The number of rotatable bonds is 5. The minimum atomic E-state index is -0.494. The lowest BCUT2D eigenvalue weighted by Gasteiger charge is -2.14. The fraction of sp³-hybridized carbons (Fsp3) is 0.583. The Balaban J connectivity index is 1.98. The van der Waals surface area contributed by atoms with Crippen LogP contribution in [0.2, 0.25) is 5.02 Å². The Bertz CT molecular complexity index is 472. The minimum Gasteiger partial charge on any atom is -0.366 e. The quantitative estimate of drug-likeness (QED) is 0.663. The van der Waals surface area contributed by atoms with Gasteiger partial charge in [0, 0.05) is 17.4 Å². The number of pyridine rings is 1. The Hall–Kier alpha value is -1.01. The number of hydrogen-bond donors (Lipinski definition) is 1. The molecule has 1 fully saturated rings. The summed E-state index contributed by atoms with van der Waals surface area (Å²) in [4.78, 5) is 14.2. The van der Waals surface area contributed by atoms with Crippen molar-refractivity contribution in [2.24, 2.45) is 0 Å². The summed E-state index contributed by atoms with van der Waals surface area (Å²) < 4.78 is 0. The molecule has 2 atom stereocenters. The Morgan fingerprint density at radius 1 is 1.63 bits per heavy atom. The van der Waals surface area contributed by atoms with Crippen molar-refractivity contribution in [1.29, 1.82) is 0 Å². The van der Waals surface area contributed by atoms with E-state index in [1.807, 2.05) is 11.8 Å². The molecule has 2 unspecified atom stereocenters. The van der Waals surface area contributed by atoms with Crippen LogP contribution in [0.4, 0.5) is 11.5 Å². The normalized spacial score (nSPS) is 22.4. The Kier molecular flexibility index (Phi) is 4.87. The molecule has 1 N–H and O–H groups in total. The summed E-state index contributed by atoms with van der Waals surface area (Å²) in [7, 11) is 0. The predicted molar refractivity (Wildman–Crippen MR) is 79.1 cm³/mol. The van der Waals surface area contributed by atoms with Crippen LogP contribution in [0, 0.1) is 10.1 Å². The SMILES string of the molecule is CCSC1CCC(Nc2ncc([N+](=O)[O-])cc2Cl)C1. The van der Waals surface area contributed by atoms with Crippen molar-refractivity contribution < 1.29 is 4.92 Å². The lowest BCUT2D eigenvalue weighted by Crippen LogP contribution is -2.17. The van der Waals surface area contributed by atoms with E-state index in [0.717, 1.165) is 18.6 Å². The molecule has 0 spiro atoms. The number of nitrogens with zero attached hydrogens (tertiary/aromatic N) is 2. The Morgan fingerprint density at radius 3 is 3.05 bits per heavy atom. The van der Waals surface area contributed by atoms with E-state index in [9.17, 15) is 10.1 Å². The molecule has 0 amide bonds. The number of nitro groups is 1. The molecule has 104 valence electrons. The zero-order valence-electron chi connectivity index (χ0n) is 10.6. The van der Waals surface area contributed by atoms with E-state index in [1.165, 1.54) is 18.7 Å².